The molecule has 1 amide bonds. The van der Waals surface area contributed by atoms with Gasteiger partial charge >= 0.3 is 5.97 Å². The molecule has 1 spiro atoms. The molecular weight excluding hydrogens is 378 g/mol. The van der Waals surface area contributed by atoms with Crippen LogP contribution in [0.15, 0.2) is 18.2 Å². The molecule has 2 aliphatic heterocycles. The third kappa shape index (κ3) is 3.50. The van der Waals surface area contributed by atoms with Crippen LogP contribution in [0.3, 0.4) is 0 Å². The van der Waals surface area contributed by atoms with Crippen molar-refractivity contribution in [3.05, 3.63) is 38.9 Å². The molecule has 3 rings (SSSR count). The molecule has 146 valence electrons. The smallest absolute Gasteiger partial charge is 0.328 e. The van der Waals surface area contributed by atoms with Crippen LogP contribution >= 0.6 is 11.6 Å². The van der Waals surface area contributed by atoms with Crippen molar-refractivity contribution in [3.63, 3.8) is 0 Å². The Morgan fingerprint density at radius 2 is 2.07 bits per heavy atom. The summed E-state index contributed by atoms with van der Waals surface area (Å²) in [5.74, 6) is -1.77. The molecule has 2 aliphatic rings. The number of carboxylic acids is 1. The van der Waals surface area contributed by atoms with Gasteiger partial charge in [0.15, 0.2) is 6.04 Å². The van der Waals surface area contributed by atoms with Crippen LogP contribution in [-0.2, 0) is 9.53 Å². The lowest BCUT2D eigenvalue weighted by Gasteiger charge is -2.44. The second-order valence-corrected chi connectivity index (χ2v) is 7.05. The van der Waals surface area contributed by atoms with Crippen molar-refractivity contribution >= 4 is 29.2 Å². The molecule has 0 aromatic heterocycles. The number of hydrogen-bond donors (Lipinski definition) is 1. The number of aliphatic carboxylic acids is 1. The molecule has 0 radical (unpaired) electrons. The molecule has 2 heterocycles. The first-order chi connectivity index (χ1) is 12.8. The van der Waals surface area contributed by atoms with E-state index in [1.165, 1.54) is 17.0 Å². The predicted octanol–water partition coefficient (Wildman–Crippen LogP) is 1.99. The number of rotatable bonds is 4. The first-order valence-corrected chi connectivity index (χ1v) is 9.03. The highest BCUT2D eigenvalue weighted by molar-refractivity contribution is 6.32. The van der Waals surface area contributed by atoms with E-state index in [1.54, 1.807) is 0 Å². The maximum atomic E-state index is 13.2. The maximum absolute atomic E-state index is 13.2. The molecule has 0 aliphatic carbocycles. The highest BCUT2D eigenvalue weighted by atomic mass is 35.5. The largest absolute Gasteiger partial charge is 0.480 e. The third-order valence-electron chi connectivity index (χ3n) is 5.24. The van der Waals surface area contributed by atoms with Crippen LogP contribution in [0.4, 0.5) is 5.69 Å². The first kappa shape index (κ1) is 19.5. The fraction of sp³-hybridized carbons (Fsp3) is 0.529. The number of carboxylic acid groups (broad SMARTS) is 1. The van der Waals surface area contributed by atoms with Crippen molar-refractivity contribution in [2.75, 3.05) is 26.2 Å². The van der Waals surface area contributed by atoms with E-state index < -0.39 is 34.3 Å². The standard InChI is InChI=1S/C17H20ClN3O6/c1-2-19-7-5-17(6-8-19)20(14(10-27-17)16(23)24)15(22)11-3-4-12(18)13(9-11)21(25)26/h3-4,9,14H,2,5-8,10H2,1H3,(H,23,24)/t14-/m0/s1. The van der Waals surface area contributed by atoms with Crippen LogP contribution in [0.2, 0.25) is 5.02 Å². The molecule has 1 atom stereocenters. The van der Waals surface area contributed by atoms with Gasteiger partial charge in [0.1, 0.15) is 10.7 Å². The SMILES string of the molecule is CCN1CCC2(CC1)OC[C@@H](C(=O)O)N2C(=O)c1ccc(Cl)c([N+](=O)[O-])c1. The quantitative estimate of drug-likeness (QED) is 0.610. The van der Waals surface area contributed by atoms with Crippen molar-refractivity contribution in [2.45, 2.75) is 31.5 Å². The van der Waals surface area contributed by atoms with Crippen molar-refractivity contribution in [3.8, 4) is 0 Å². The van der Waals surface area contributed by atoms with Crippen LogP contribution in [0.25, 0.3) is 0 Å². The highest BCUT2D eigenvalue weighted by Crippen LogP contribution is 2.39. The Labute approximate surface area is 160 Å². The van der Waals surface area contributed by atoms with Crippen LogP contribution < -0.4 is 0 Å². The number of amides is 1. The molecule has 0 unspecified atom stereocenters. The van der Waals surface area contributed by atoms with E-state index in [1.807, 2.05) is 6.92 Å². The molecule has 2 fully saturated rings. The number of nitrogens with zero attached hydrogens (tertiary/aromatic N) is 3. The summed E-state index contributed by atoms with van der Waals surface area (Å²) in [4.78, 5) is 38.8. The van der Waals surface area contributed by atoms with E-state index in [4.69, 9.17) is 16.3 Å². The Balaban J connectivity index is 1.97. The lowest BCUT2D eigenvalue weighted by molar-refractivity contribution is -0.384. The molecular formula is C17H20ClN3O6. The first-order valence-electron chi connectivity index (χ1n) is 8.66. The number of piperidine rings is 1. The van der Waals surface area contributed by atoms with Crippen LogP contribution in [0.1, 0.15) is 30.1 Å². The Bertz CT molecular complexity index is 778. The van der Waals surface area contributed by atoms with Crippen LogP contribution in [0.5, 0.6) is 0 Å². The van der Waals surface area contributed by atoms with E-state index in [9.17, 15) is 24.8 Å². The number of nitro groups is 1. The summed E-state index contributed by atoms with van der Waals surface area (Å²) < 4.78 is 5.84. The zero-order valence-electron chi connectivity index (χ0n) is 14.8. The predicted molar refractivity (Wildman–Crippen MR) is 95.7 cm³/mol. The Kier molecular flexibility index (Phi) is 5.36. The molecule has 1 aromatic rings. The molecule has 10 heteroatoms. The molecule has 0 saturated carbocycles. The van der Waals surface area contributed by atoms with E-state index in [-0.39, 0.29) is 17.2 Å². The molecule has 1 aromatic carbocycles. The summed E-state index contributed by atoms with van der Waals surface area (Å²) in [5.41, 5.74) is -1.40. The van der Waals surface area contributed by atoms with Gasteiger partial charge < -0.3 is 14.7 Å². The van der Waals surface area contributed by atoms with Crippen molar-refractivity contribution in [1.29, 1.82) is 0 Å². The van der Waals surface area contributed by atoms with E-state index in [0.29, 0.717) is 25.9 Å². The average molecular weight is 398 g/mol. The summed E-state index contributed by atoms with van der Waals surface area (Å²) in [6, 6.07) is 2.58. The van der Waals surface area contributed by atoms with E-state index in [0.717, 1.165) is 12.6 Å². The summed E-state index contributed by atoms with van der Waals surface area (Å²) in [7, 11) is 0. The van der Waals surface area contributed by atoms with Crippen molar-refractivity contribution in [2.24, 2.45) is 0 Å². The Morgan fingerprint density at radius 3 is 2.63 bits per heavy atom. The molecule has 27 heavy (non-hydrogen) atoms. The number of benzene rings is 1. The highest BCUT2D eigenvalue weighted by Gasteiger charge is 2.54. The number of nitro benzene ring substituents is 1. The minimum absolute atomic E-state index is 0.0140. The number of hydrogen-bond acceptors (Lipinski definition) is 6. The fourth-order valence-electron chi connectivity index (χ4n) is 3.70. The number of ether oxygens (including phenoxy) is 1. The zero-order chi connectivity index (χ0) is 19.8. The second kappa shape index (κ2) is 7.41. The fourth-order valence-corrected chi connectivity index (χ4v) is 3.89. The second-order valence-electron chi connectivity index (χ2n) is 6.64. The minimum Gasteiger partial charge on any atom is -0.480 e. The minimum atomic E-state index is -1.17. The normalized spacial score (nSPS) is 22.1. The topological polar surface area (TPSA) is 113 Å². The number of likely N-dealkylation sites (tertiary alicyclic amines) is 1. The molecule has 2 saturated heterocycles. The van der Waals surface area contributed by atoms with Crippen molar-refractivity contribution < 1.29 is 24.4 Å². The number of carbonyl (C=O) groups excluding carboxylic acids is 1. The van der Waals surface area contributed by atoms with Gasteiger partial charge in [0.2, 0.25) is 0 Å². The summed E-state index contributed by atoms with van der Waals surface area (Å²) in [6.07, 6.45) is 0.956. The summed E-state index contributed by atoms with van der Waals surface area (Å²) in [5, 5.41) is 20.6. The van der Waals surface area contributed by atoms with Gasteiger partial charge in [0.05, 0.1) is 11.5 Å². The van der Waals surface area contributed by atoms with Crippen LogP contribution in [0, 0.1) is 10.1 Å². The van der Waals surface area contributed by atoms with Gasteiger partial charge in [0.25, 0.3) is 11.6 Å². The lowest BCUT2D eigenvalue weighted by Crippen LogP contribution is -2.58. The zero-order valence-corrected chi connectivity index (χ0v) is 15.5. The van der Waals surface area contributed by atoms with Gasteiger partial charge in [-0.05, 0) is 18.7 Å². The van der Waals surface area contributed by atoms with Gasteiger partial charge in [-0.25, -0.2) is 4.79 Å². The summed E-state index contributed by atoms with van der Waals surface area (Å²) in [6.45, 7) is 4.13. The number of carbonyl (C=O) groups is 2. The van der Waals surface area contributed by atoms with Crippen LogP contribution in [-0.4, -0.2) is 69.7 Å². The van der Waals surface area contributed by atoms with Gasteiger partial charge in [0, 0.05) is 37.6 Å². The van der Waals surface area contributed by atoms with E-state index >= 15 is 0 Å². The Morgan fingerprint density at radius 1 is 1.41 bits per heavy atom. The Hall–Kier alpha value is -2.23. The summed E-state index contributed by atoms with van der Waals surface area (Å²) >= 11 is 5.82. The van der Waals surface area contributed by atoms with Gasteiger partial charge in [-0.3, -0.25) is 19.8 Å². The number of halogens is 1. The third-order valence-corrected chi connectivity index (χ3v) is 5.56. The van der Waals surface area contributed by atoms with Gasteiger partial charge in [-0.2, -0.15) is 0 Å². The van der Waals surface area contributed by atoms with E-state index in [2.05, 4.69) is 4.90 Å². The average Bonchev–Trinajstić information content (AvgIpc) is 3.01. The van der Waals surface area contributed by atoms with Gasteiger partial charge in [-0.15, -0.1) is 0 Å². The van der Waals surface area contributed by atoms with Crippen molar-refractivity contribution in [1.82, 2.24) is 9.80 Å². The molecule has 9 nitrogen and oxygen atoms in total. The maximum Gasteiger partial charge on any atom is 0.328 e. The monoisotopic (exact) mass is 397 g/mol. The molecule has 1 N–H and O–H groups in total. The lowest BCUT2D eigenvalue weighted by atomic mass is 9.96. The molecule has 0 bridgehead atoms. The van der Waals surface area contributed by atoms with Gasteiger partial charge in [-0.1, -0.05) is 18.5 Å².